The summed E-state index contributed by atoms with van der Waals surface area (Å²) in [5, 5.41) is 4.60. The number of pyridine rings is 1. The van der Waals surface area contributed by atoms with Crippen molar-refractivity contribution in [3.63, 3.8) is 0 Å². The summed E-state index contributed by atoms with van der Waals surface area (Å²) in [4.78, 5) is 5.55. The van der Waals surface area contributed by atoms with Gasteiger partial charge in [-0.15, -0.1) is 0 Å². The molecule has 0 aromatic carbocycles. The van der Waals surface area contributed by atoms with Gasteiger partial charge in [0.25, 0.3) is 0 Å². The molecule has 4 nitrogen and oxygen atoms in total. The topological polar surface area (TPSA) is 37.4 Å². The molecule has 24 heavy (non-hydrogen) atoms. The van der Waals surface area contributed by atoms with Gasteiger partial charge in [0.2, 0.25) is 5.95 Å². The van der Waals surface area contributed by atoms with Crippen molar-refractivity contribution in [3.8, 4) is 0 Å². The Balaban J connectivity index is 1.74. The summed E-state index contributed by atoms with van der Waals surface area (Å²) < 4.78 is 18.9. The van der Waals surface area contributed by atoms with Crippen LogP contribution in [0, 0.1) is 11.9 Å². The van der Waals surface area contributed by atoms with Gasteiger partial charge in [-0.2, -0.15) is 4.39 Å². The molecule has 3 heterocycles. The molecule has 1 saturated heterocycles. The second-order valence-corrected chi connectivity index (χ2v) is 6.91. The first-order valence-corrected chi connectivity index (χ1v) is 8.74. The largest absolute Gasteiger partial charge is 0.381 e. The van der Waals surface area contributed by atoms with Crippen LogP contribution in [0.25, 0.3) is 5.70 Å². The number of allylic oxidation sites excluding steroid dienone is 2. The summed E-state index contributed by atoms with van der Waals surface area (Å²) in [7, 11) is 1.91. The molecule has 130 valence electrons. The molecule has 2 aliphatic rings. The first kappa shape index (κ1) is 17.7. The quantitative estimate of drug-likeness (QED) is 0.820. The summed E-state index contributed by atoms with van der Waals surface area (Å²) in [5.41, 5.74) is 1.40. The second-order valence-electron chi connectivity index (χ2n) is 6.07. The predicted octanol–water partition coefficient (Wildman–Crippen LogP) is 3.63. The molecule has 3 rings (SSSR count). The third kappa shape index (κ3) is 3.91. The lowest BCUT2D eigenvalue weighted by Crippen LogP contribution is -2.46. The van der Waals surface area contributed by atoms with E-state index in [2.05, 4.69) is 10.3 Å². The van der Waals surface area contributed by atoms with Gasteiger partial charge >= 0.3 is 0 Å². The minimum atomic E-state index is -0.559. The Morgan fingerprint density at radius 3 is 2.83 bits per heavy atom. The van der Waals surface area contributed by atoms with Crippen molar-refractivity contribution in [2.45, 2.75) is 19.0 Å². The summed E-state index contributed by atoms with van der Waals surface area (Å²) in [6, 6.07) is 1.34. The van der Waals surface area contributed by atoms with E-state index in [9.17, 15) is 4.39 Å². The number of aromatic nitrogens is 1. The van der Waals surface area contributed by atoms with Crippen LogP contribution in [-0.2, 0) is 4.74 Å². The number of likely N-dealkylation sites (N-methyl/N-ethyl adjacent to an activating group) is 1. The van der Waals surface area contributed by atoms with Gasteiger partial charge in [-0.25, -0.2) is 4.98 Å². The number of halogens is 3. The zero-order valence-electron chi connectivity index (χ0n) is 13.4. The van der Waals surface area contributed by atoms with Crippen molar-refractivity contribution in [1.82, 2.24) is 15.2 Å². The molecule has 1 N–H and O–H groups in total. The van der Waals surface area contributed by atoms with E-state index in [1.165, 1.54) is 12.3 Å². The number of hydrogen-bond donors (Lipinski definition) is 1. The summed E-state index contributed by atoms with van der Waals surface area (Å²) in [6.07, 6.45) is 6.93. The maximum absolute atomic E-state index is 13.5. The SMILES string of the molecule is CN1C(c2cc(F)ncc2Cl)=CC=C(Cl)C1NCC1CCOCC1. The van der Waals surface area contributed by atoms with E-state index in [1.807, 2.05) is 24.1 Å². The predicted molar refractivity (Wildman–Crippen MR) is 94.2 cm³/mol. The fourth-order valence-corrected chi connectivity index (χ4v) is 3.53. The monoisotopic (exact) mass is 371 g/mol. The molecular weight excluding hydrogens is 352 g/mol. The molecule has 1 atom stereocenters. The molecule has 0 spiro atoms. The minimum Gasteiger partial charge on any atom is -0.381 e. The van der Waals surface area contributed by atoms with Gasteiger partial charge in [0, 0.05) is 50.3 Å². The summed E-state index contributed by atoms with van der Waals surface area (Å²) in [5.74, 6) is 0.0176. The molecule has 1 aromatic rings. The zero-order chi connectivity index (χ0) is 17.1. The number of ether oxygens (including phenoxy) is 1. The van der Waals surface area contributed by atoms with Gasteiger partial charge < -0.3 is 9.64 Å². The van der Waals surface area contributed by atoms with E-state index >= 15 is 0 Å². The summed E-state index contributed by atoms with van der Waals surface area (Å²) >= 11 is 12.6. The van der Waals surface area contributed by atoms with Crippen molar-refractivity contribution in [2.24, 2.45) is 5.92 Å². The molecule has 0 radical (unpaired) electrons. The maximum atomic E-state index is 13.5. The Hall–Kier alpha value is -1.14. The van der Waals surface area contributed by atoms with Crippen LogP contribution in [0.5, 0.6) is 0 Å². The number of nitrogens with zero attached hydrogens (tertiary/aromatic N) is 2. The van der Waals surface area contributed by atoms with Crippen molar-refractivity contribution in [3.05, 3.63) is 46.0 Å². The van der Waals surface area contributed by atoms with E-state index in [4.69, 9.17) is 27.9 Å². The van der Waals surface area contributed by atoms with Gasteiger partial charge in [0.15, 0.2) is 0 Å². The molecule has 2 aliphatic heterocycles. The summed E-state index contributed by atoms with van der Waals surface area (Å²) in [6.45, 7) is 2.48. The fraction of sp³-hybridized carbons (Fsp3) is 0.471. The molecule has 0 bridgehead atoms. The molecular formula is C17H20Cl2FN3O. The highest BCUT2D eigenvalue weighted by atomic mass is 35.5. The van der Waals surface area contributed by atoms with Gasteiger partial charge in [-0.1, -0.05) is 23.2 Å². The zero-order valence-corrected chi connectivity index (χ0v) is 14.9. The van der Waals surface area contributed by atoms with Gasteiger partial charge in [0.05, 0.1) is 10.1 Å². The van der Waals surface area contributed by atoms with E-state index in [-0.39, 0.29) is 6.17 Å². The van der Waals surface area contributed by atoms with Crippen molar-refractivity contribution < 1.29 is 9.13 Å². The molecule has 1 fully saturated rings. The maximum Gasteiger partial charge on any atom is 0.213 e. The first-order valence-electron chi connectivity index (χ1n) is 7.99. The standard InChI is InChI=1S/C17H20Cl2FN3O/c1-23-15(12-8-16(20)21-10-14(12)19)3-2-13(18)17(23)22-9-11-4-6-24-7-5-11/h2-3,8,10-11,17,22H,4-7,9H2,1H3. The Kier molecular flexibility index (Phi) is 5.76. The third-order valence-corrected chi connectivity index (χ3v) is 5.10. The van der Waals surface area contributed by atoms with Crippen molar-refractivity contribution in [2.75, 3.05) is 26.8 Å². The van der Waals surface area contributed by atoms with Crippen molar-refractivity contribution in [1.29, 1.82) is 0 Å². The lowest BCUT2D eigenvalue weighted by Gasteiger charge is -2.36. The van der Waals surface area contributed by atoms with Crippen LogP contribution in [0.15, 0.2) is 29.4 Å². The number of rotatable bonds is 4. The molecule has 0 aliphatic carbocycles. The Morgan fingerprint density at radius 1 is 1.33 bits per heavy atom. The van der Waals surface area contributed by atoms with Gasteiger partial charge in [-0.3, -0.25) is 5.32 Å². The highest BCUT2D eigenvalue weighted by Gasteiger charge is 2.26. The van der Waals surface area contributed by atoms with Crippen LogP contribution in [0.2, 0.25) is 5.02 Å². The number of nitrogens with one attached hydrogen (secondary N) is 1. The van der Waals surface area contributed by atoms with Gasteiger partial charge in [-0.05, 0) is 30.9 Å². The lowest BCUT2D eigenvalue weighted by molar-refractivity contribution is 0.0645. The van der Waals surface area contributed by atoms with Crippen LogP contribution < -0.4 is 5.32 Å². The van der Waals surface area contributed by atoms with Crippen LogP contribution in [0.3, 0.4) is 0 Å². The van der Waals surface area contributed by atoms with Crippen LogP contribution in [-0.4, -0.2) is 42.9 Å². The van der Waals surface area contributed by atoms with E-state index in [0.29, 0.717) is 21.5 Å². The molecule has 0 amide bonds. The second kappa shape index (κ2) is 7.83. The smallest absolute Gasteiger partial charge is 0.213 e. The Morgan fingerprint density at radius 2 is 2.08 bits per heavy atom. The molecule has 1 aromatic heterocycles. The molecule has 0 saturated carbocycles. The van der Waals surface area contributed by atoms with Gasteiger partial charge in [0.1, 0.15) is 6.17 Å². The Bertz CT molecular complexity index is 659. The Labute approximate surface area is 151 Å². The number of hydrogen-bond acceptors (Lipinski definition) is 4. The average molecular weight is 372 g/mol. The molecule has 1 unspecified atom stereocenters. The normalized spacial score (nSPS) is 22.3. The lowest BCUT2D eigenvalue weighted by atomic mass is 10.00. The van der Waals surface area contributed by atoms with Crippen LogP contribution >= 0.6 is 23.2 Å². The van der Waals surface area contributed by atoms with Crippen LogP contribution in [0.1, 0.15) is 18.4 Å². The molecule has 7 heteroatoms. The third-order valence-electron chi connectivity index (χ3n) is 4.47. The van der Waals surface area contributed by atoms with E-state index in [0.717, 1.165) is 38.3 Å². The van der Waals surface area contributed by atoms with Crippen molar-refractivity contribution >= 4 is 28.9 Å². The average Bonchev–Trinajstić information content (AvgIpc) is 2.58. The highest BCUT2D eigenvalue weighted by Crippen LogP contribution is 2.32. The first-order chi connectivity index (χ1) is 11.6. The van der Waals surface area contributed by atoms with Crippen LogP contribution in [0.4, 0.5) is 4.39 Å². The fourth-order valence-electron chi connectivity index (χ4n) is 3.04. The highest BCUT2D eigenvalue weighted by molar-refractivity contribution is 6.32. The van der Waals surface area contributed by atoms with E-state index < -0.39 is 5.95 Å². The minimum absolute atomic E-state index is 0.165. The van der Waals surface area contributed by atoms with E-state index in [1.54, 1.807) is 0 Å².